The van der Waals surface area contributed by atoms with Gasteiger partial charge in [0.05, 0.1) is 12.0 Å². The molecule has 6 nitrogen and oxygen atoms in total. The van der Waals surface area contributed by atoms with E-state index in [1.54, 1.807) is 27.7 Å². The van der Waals surface area contributed by atoms with Crippen LogP contribution in [0.4, 0.5) is 4.79 Å². The first-order valence-electron chi connectivity index (χ1n) is 6.90. The summed E-state index contributed by atoms with van der Waals surface area (Å²) >= 11 is 0. The second-order valence-corrected chi connectivity index (χ2v) is 6.69. The molecule has 1 aliphatic heterocycles. The summed E-state index contributed by atoms with van der Waals surface area (Å²) in [5.41, 5.74) is -1.43. The maximum atomic E-state index is 11.9. The first kappa shape index (κ1) is 16.8. The smallest absolute Gasteiger partial charge is 0.408 e. The number of rotatable bonds is 5. The number of carboxylic acid groups (broad SMARTS) is 1. The van der Waals surface area contributed by atoms with E-state index in [2.05, 4.69) is 5.32 Å². The van der Waals surface area contributed by atoms with Crippen molar-refractivity contribution in [3.63, 3.8) is 0 Å². The monoisotopic (exact) mass is 287 g/mol. The van der Waals surface area contributed by atoms with E-state index in [0.717, 1.165) is 6.42 Å². The normalized spacial score (nSPS) is 22.1. The highest BCUT2D eigenvalue weighted by atomic mass is 16.6. The number of carbonyl (C=O) groups excluding carboxylic acids is 1. The van der Waals surface area contributed by atoms with Crippen LogP contribution in [0.1, 0.15) is 47.0 Å². The van der Waals surface area contributed by atoms with E-state index in [9.17, 15) is 9.59 Å². The van der Waals surface area contributed by atoms with Gasteiger partial charge in [0.1, 0.15) is 5.60 Å². The van der Waals surface area contributed by atoms with Gasteiger partial charge in [-0.1, -0.05) is 0 Å². The minimum absolute atomic E-state index is 0.136. The Morgan fingerprint density at radius 1 is 1.35 bits per heavy atom. The van der Waals surface area contributed by atoms with Crippen molar-refractivity contribution in [2.24, 2.45) is 5.92 Å². The van der Waals surface area contributed by atoms with Crippen LogP contribution < -0.4 is 5.32 Å². The summed E-state index contributed by atoms with van der Waals surface area (Å²) < 4.78 is 10.5. The molecule has 2 unspecified atom stereocenters. The highest BCUT2D eigenvalue weighted by molar-refractivity contribution is 5.72. The van der Waals surface area contributed by atoms with Crippen LogP contribution in [-0.2, 0) is 14.3 Å². The van der Waals surface area contributed by atoms with Gasteiger partial charge in [0.25, 0.3) is 0 Å². The summed E-state index contributed by atoms with van der Waals surface area (Å²) in [6, 6.07) is 0. The van der Waals surface area contributed by atoms with Crippen molar-refractivity contribution in [2.75, 3.05) is 13.2 Å². The number of nitrogens with one attached hydrogen (secondary N) is 1. The van der Waals surface area contributed by atoms with Crippen molar-refractivity contribution in [2.45, 2.75) is 58.1 Å². The molecule has 0 saturated carbocycles. The lowest BCUT2D eigenvalue weighted by Gasteiger charge is -2.32. The summed E-state index contributed by atoms with van der Waals surface area (Å²) in [6.45, 7) is 8.36. The van der Waals surface area contributed by atoms with Crippen molar-refractivity contribution in [3.8, 4) is 0 Å². The molecule has 0 radical (unpaired) electrons. The molecule has 1 rings (SSSR count). The van der Waals surface area contributed by atoms with Gasteiger partial charge in [-0.3, -0.25) is 4.79 Å². The summed E-state index contributed by atoms with van der Waals surface area (Å²) in [4.78, 5) is 22.9. The van der Waals surface area contributed by atoms with Gasteiger partial charge in [0.2, 0.25) is 0 Å². The molecule has 116 valence electrons. The molecule has 1 amide bonds. The lowest BCUT2D eigenvalue weighted by molar-refractivity contribution is -0.138. The average molecular weight is 287 g/mol. The van der Waals surface area contributed by atoms with Crippen molar-refractivity contribution in [1.82, 2.24) is 5.32 Å². The van der Waals surface area contributed by atoms with Crippen molar-refractivity contribution in [1.29, 1.82) is 0 Å². The lowest BCUT2D eigenvalue weighted by Crippen LogP contribution is -2.50. The first-order chi connectivity index (χ1) is 9.10. The Morgan fingerprint density at radius 3 is 2.45 bits per heavy atom. The van der Waals surface area contributed by atoms with Crippen LogP contribution in [-0.4, -0.2) is 41.5 Å². The Balaban J connectivity index is 2.66. The van der Waals surface area contributed by atoms with E-state index in [1.165, 1.54) is 0 Å². The van der Waals surface area contributed by atoms with Gasteiger partial charge in [0, 0.05) is 13.2 Å². The van der Waals surface area contributed by atoms with E-state index in [4.69, 9.17) is 14.6 Å². The van der Waals surface area contributed by atoms with Crippen molar-refractivity contribution < 1.29 is 24.2 Å². The minimum Gasteiger partial charge on any atom is -0.481 e. The number of alkyl carbamates (subject to hydrolysis) is 1. The van der Waals surface area contributed by atoms with Gasteiger partial charge in [-0.15, -0.1) is 0 Å². The third-order valence-corrected chi connectivity index (χ3v) is 3.11. The molecule has 0 aromatic carbocycles. The maximum Gasteiger partial charge on any atom is 0.408 e. The van der Waals surface area contributed by atoms with Crippen LogP contribution in [0.5, 0.6) is 0 Å². The third kappa shape index (κ3) is 6.23. The predicted molar refractivity (Wildman–Crippen MR) is 73.6 cm³/mol. The van der Waals surface area contributed by atoms with E-state index >= 15 is 0 Å². The molecule has 6 heteroatoms. The standard InChI is InChI=1S/C14H25NO5/c1-13(2,3)20-12(18)15-14(4,8-11(16)17)7-10-5-6-19-9-10/h10H,5-9H2,1-4H3,(H,15,18)(H,16,17). The Labute approximate surface area is 119 Å². The number of ether oxygens (including phenoxy) is 2. The summed E-state index contributed by atoms with van der Waals surface area (Å²) in [7, 11) is 0. The largest absolute Gasteiger partial charge is 0.481 e. The summed E-state index contributed by atoms with van der Waals surface area (Å²) in [5.74, 6) is -0.670. The fourth-order valence-corrected chi connectivity index (χ4v) is 2.43. The topological polar surface area (TPSA) is 84.9 Å². The number of hydrogen-bond donors (Lipinski definition) is 2. The molecule has 0 aromatic heterocycles. The average Bonchev–Trinajstić information content (AvgIpc) is 2.63. The Bertz CT molecular complexity index is 357. The molecule has 2 N–H and O–H groups in total. The Morgan fingerprint density at radius 2 is 2.00 bits per heavy atom. The van der Waals surface area contributed by atoms with Crippen molar-refractivity contribution >= 4 is 12.1 Å². The van der Waals surface area contributed by atoms with E-state index in [1.807, 2.05) is 0 Å². The van der Waals surface area contributed by atoms with Crippen LogP contribution in [0.3, 0.4) is 0 Å². The zero-order chi connectivity index (χ0) is 15.4. The molecular formula is C14H25NO5. The molecule has 0 aliphatic carbocycles. The quantitative estimate of drug-likeness (QED) is 0.809. The molecule has 0 bridgehead atoms. The second-order valence-electron chi connectivity index (χ2n) is 6.69. The zero-order valence-electron chi connectivity index (χ0n) is 12.7. The van der Waals surface area contributed by atoms with Crippen LogP contribution in [0, 0.1) is 5.92 Å². The van der Waals surface area contributed by atoms with Crippen LogP contribution >= 0.6 is 0 Å². The summed E-state index contributed by atoms with van der Waals surface area (Å²) in [5, 5.41) is 11.8. The molecule has 1 saturated heterocycles. The maximum absolute atomic E-state index is 11.9. The van der Waals surface area contributed by atoms with Gasteiger partial charge < -0.3 is 19.9 Å². The molecule has 1 aliphatic rings. The zero-order valence-corrected chi connectivity index (χ0v) is 12.7. The fourth-order valence-electron chi connectivity index (χ4n) is 2.43. The highest BCUT2D eigenvalue weighted by Gasteiger charge is 2.35. The number of carbonyl (C=O) groups is 2. The molecule has 0 aromatic rings. The van der Waals surface area contributed by atoms with Gasteiger partial charge in [0.15, 0.2) is 0 Å². The predicted octanol–water partition coefficient (Wildman–Crippen LogP) is 2.17. The Hall–Kier alpha value is -1.30. The SMILES string of the molecule is CC(CC(=O)O)(CC1CCOC1)NC(=O)OC(C)(C)C. The highest BCUT2D eigenvalue weighted by Crippen LogP contribution is 2.27. The van der Waals surface area contributed by atoms with E-state index in [0.29, 0.717) is 19.6 Å². The number of carboxylic acids is 1. The van der Waals surface area contributed by atoms with Gasteiger partial charge in [-0.05, 0) is 46.5 Å². The van der Waals surface area contributed by atoms with Crippen LogP contribution in [0.25, 0.3) is 0 Å². The van der Waals surface area contributed by atoms with Gasteiger partial charge in [-0.25, -0.2) is 4.79 Å². The van der Waals surface area contributed by atoms with Gasteiger partial charge in [-0.2, -0.15) is 0 Å². The van der Waals surface area contributed by atoms with Gasteiger partial charge >= 0.3 is 12.1 Å². The molecule has 0 spiro atoms. The molecule has 20 heavy (non-hydrogen) atoms. The minimum atomic E-state index is -0.942. The molecule has 1 heterocycles. The van der Waals surface area contributed by atoms with E-state index < -0.39 is 23.2 Å². The number of aliphatic carboxylic acids is 1. The van der Waals surface area contributed by atoms with Crippen LogP contribution in [0.2, 0.25) is 0 Å². The molecule has 2 atom stereocenters. The summed E-state index contributed by atoms with van der Waals surface area (Å²) in [6.07, 6.45) is 0.743. The number of amides is 1. The van der Waals surface area contributed by atoms with Crippen molar-refractivity contribution in [3.05, 3.63) is 0 Å². The van der Waals surface area contributed by atoms with Crippen LogP contribution in [0.15, 0.2) is 0 Å². The molecular weight excluding hydrogens is 262 g/mol. The second kappa shape index (κ2) is 6.43. The fraction of sp³-hybridized carbons (Fsp3) is 0.857. The first-order valence-corrected chi connectivity index (χ1v) is 6.90. The molecule has 1 fully saturated rings. The van der Waals surface area contributed by atoms with E-state index in [-0.39, 0.29) is 12.3 Å². The number of hydrogen-bond acceptors (Lipinski definition) is 4. The Kier molecular flexibility index (Phi) is 5.39. The lowest BCUT2D eigenvalue weighted by atomic mass is 9.86. The third-order valence-electron chi connectivity index (χ3n) is 3.11.